The molecule has 6 nitrogen and oxygen atoms in total. The van der Waals surface area contributed by atoms with E-state index in [2.05, 4.69) is 10.6 Å². The molecule has 0 saturated carbocycles. The van der Waals surface area contributed by atoms with Crippen LogP contribution in [0.3, 0.4) is 0 Å². The van der Waals surface area contributed by atoms with Crippen LogP contribution in [0.25, 0.3) is 5.70 Å². The number of hydrogen-bond donors (Lipinski definition) is 2. The largest absolute Gasteiger partial charge is 0.489 e. The molecule has 0 aromatic heterocycles. The maximum atomic E-state index is 13.8. The lowest BCUT2D eigenvalue weighted by Crippen LogP contribution is -2.45. The molecule has 0 aliphatic carbocycles. The van der Waals surface area contributed by atoms with Gasteiger partial charge < -0.3 is 20.1 Å². The van der Waals surface area contributed by atoms with Gasteiger partial charge in [0.15, 0.2) is 0 Å². The monoisotopic (exact) mass is 460 g/mol. The molecule has 34 heavy (non-hydrogen) atoms. The van der Waals surface area contributed by atoms with Crippen LogP contribution in [-0.4, -0.2) is 18.1 Å². The summed E-state index contributed by atoms with van der Waals surface area (Å²) in [5, 5.41) is 5.58. The molecule has 1 aliphatic rings. The summed E-state index contributed by atoms with van der Waals surface area (Å²) in [5.41, 5.74) is 2.53. The summed E-state index contributed by atoms with van der Waals surface area (Å²) in [6.07, 6.45) is -0.329. The molecule has 0 spiro atoms. The van der Waals surface area contributed by atoms with Crippen molar-refractivity contribution in [3.05, 3.63) is 107 Å². The minimum absolute atomic E-state index is 0.0835. The van der Waals surface area contributed by atoms with Crippen LogP contribution in [0.5, 0.6) is 5.75 Å². The summed E-state index contributed by atoms with van der Waals surface area (Å²) >= 11 is 0. The number of halogens is 1. The van der Waals surface area contributed by atoms with Gasteiger partial charge in [0.2, 0.25) is 0 Å². The molecular formula is C27H25FN2O4. The minimum Gasteiger partial charge on any atom is -0.489 e. The molecule has 2 N–H and O–H groups in total. The first-order chi connectivity index (χ1) is 16.4. The molecule has 1 atom stereocenters. The fourth-order valence-corrected chi connectivity index (χ4v) is 3.68. The molecule has 1 heterocycles. The van der Waals surface area contributed by atoms with Gasteiger partial charge in [-0.2, -0.15) is 0 Å². The Hall–Kier alpha value is -4.13. The summed E-state index contributed by atoms with van der Waals surface area (Å²) in [7, 11) is 0. The summed E-state index contributed by atoms with van der Waals surface area (Å²) in [5.74, 6) is -0.319. The zero-order valence-electron chi connectivity index (χ0n) is 18.9. The Balaban J connectivity index is 1.64. The van der Waals surface area contributed by atoms with Crippen molar-refractivity contribution in [2.24, 2.45) is 0 Å². The lowest BCUT2D eigenvalue weighted by atomic mass is 9.92. The second kappa shape index (κ2) is 10.2. The Bertz CT molecular complexity index is 1210. The molecule has 0 bridgehead atoms. The maximum absolute atomic E-state index is 13.8. The summed E-state index contributed by atoms with van der Waals surface area (Å²) in [6, 6.07) is 21.4. The zero-order chi connectivity index (χ0) is 24.1. The second-order valence-corrected chi connectivity index (χ2v) is 8.09. The number of amides is 2. The quantitative estimate of drug-likeness (QED) is 0.480. The Kier molecular flexibility index (Phi) is 6.92. The van der Waals surface area contributed by atoms with Gasteiger partial charge in [0, 0.05) is 5.56 Å². The predicted octanol–water partition coefficient (Wildman–Crippen LogP) is 5.12. The first-order valence-corrected chi connectivity index (χ1v) is 11.0. The maximum Gasteiger partial charge on any atom is 0.338 e. The van der Waals surface area contributed by atoms with Gasteiger partial charge >= 0.3 is 12.0 Å². The van der Waals surface area contributed by atoms with Crippen molar-refractivity contribution < 1.29 is 23.5 Å². The fraction of sp³-hybridized carbons (Fsp3) is 0.185. The summed E-state index contributed by atoms with van der Waals surface area (Å²) in [6.45, 7) is 3.62. The molecule has 0 saturated heterocycles. The number of rotatable bonds is 7. The summed E-state index contributed by atoms with van der Waals surface area (Å²) in [4.78, 5) is 25.6. The van der Waals surface area contributed by atoms with E-state index in [1.807, 2.05) is 30.3 Å². The third-order valence-corrected chi connectivity index (χ3v) is 5.26. The number of ether oxygens (including phenoxy) is 2. The standard InChI is InChI=1S/C27H25FN2O4/c1-17(2)34-26(31)23-24(18-8-4-3-5-9-18)29-27(32)30-25(23)19-12-14-21(15-13-19)33-16-20-10-6-7-11-22(20)28/h3-15,17,25H,16H2,1-2H3,(H2,29,30,32). The van der Waals surface area contributed by atoms with Crippen molar-refractivity contribution in [3.63, 3.8) is 0 Å². The van der Waals surface area contributed by atoms with Gasteiger partial charge in [-0.25, -0.2) is 14.0 Å². The van der Waals surface area contributed by atoms with Crippen LogP contribution in [0, 0.1) is 5.82 Å². The van der Waals surface area contributed by atoms with E-state index in [0.29, 0.717) is 33.7 Å². The third-order valence-electron chi connectivity index (χ3n) is 5.26. The number of hydrogen-bond acceptors (Lipinski definition) is 4. The molecule has 3 aromatic rings. The Morgan fingerprint density at radius 1 is 0.971 bits per heavy atom. The van der Waals surface area contributed by atoms with Gasteiger partial charge in [-0.05, 0) is 43.2 Å². The second-order valence-electron chi connectivity index (χ2n) is 8.09. The van der Waals surface area contributed by atoms with E-state index in [9.17, 15) is 14.0 Å². The van der Waals surface area contributed by atoms with Crippen LogP contribution in [0.1, 0.15) is 36.6 Å². The molecule has 2 amide bonds. The number of carbonyl (C=O) groups excluding carboxylic acids is 2. The van der Waals surface area contributed by atoms with Crippen LogP contribution >= 0.6 is 0 Å². The van der Waals surface area contributed by atoms with Crippen molar-refractivity contribution in [2.75, 3.05) is 0 Å². The minimum atomic E-state index is -0.726. The highest BCUT2D eigenvalue weighted by Gasteiger charge is 2.34. The SMILES string of the molecule is CC(C)OC(=O)C1=C(c2ccccc2)NC(=O)NC1c1ccc(OCc2ccccc2F)cc1. The lowest BCUT2D eigenvalue weighted by molar-refractivity contribution is -0.143. The van der Waals surface area contributed by atoms with E-state index in [0.717, 1.165) is 0 Å². The molecule has 7 heteroatoms. The highest BCUT2D eigenvalue weighted by Crippen LogP contribution is 2.33. The predicted molar refractivity (Wildman–Crippen MR) is 126 cm³/mol. The Morgan fingerprint density at radius 3 is 2.32 bits per heavy atom. The molecule has 4 rings (SSSR count). The van der Waals surface area contributed by atoms with E-state index < -0.39 is 18.0 Å². The van der Waals surface area contributed by atoms with Crippen molar-refractivity contribution in [2.45, 2.75) is 32.6 Å². The topological polar surface area (TPSA) is 76.7 Å². The van der Waals surface area contributed by atoms with Crippen LogP contribution < -0.4 is 15.4 Å². The van der Waals surface area contributed by atoms with Crippen LogP contribution in [-0.2, 0) is 16.1 Å². The van der Waals surface area contributed by atoms with Crippen LogP contribution in [0.4, 0.5) is 9.18 Å². The van der Waals surface area contributed by atoms with Crippen molar-refractivity contribution in [1.82, 2.24) is 10.6 Å². The van der Waals surface area contributed by atoms with E-state index in [4.69, 9.17) is 9.47 Å². The first kappa shape index (κ1) is 23.0. The summed E-state index contributed by atoms with van der Waals surface area (Å²) < 4.78 is 25.1. The Morgan fingerprint density at radius 2 is 1.65 bits per heavy atom. The van der Waals surface area contributed by atoms with Gasteiger partial charge in [-0.15, -0.1) is 0 Å². The van der Waals surface area contributed by atoms with Gasteiger partial charge in [-0.1, -0.05) is 60.7 Å². The van der Waals surface area contributed by atoms with E-state index in [1.54, 1.807) is 56.3 Å². The average Bonchev–Trinajstić information content (AvgIpc) is 2.83. The average molecular weight is 461 g/mol. The highest BCUT2D eigenvalue weighted by atomic mass is 19.1. The molecular weight excluding hydrogens is 435 g/mol. The fourth-order valence-electron chi connectivity index (χ4n) is 3.68. The number of benzene rings is 3. The normalized spacial score (nSPS) is 15.5. The van der Waals surface area contributed by atoms with E-state index >= 15 is 0 Å². The smallest absolute Gasteiger partial charge is 0.338 e. The number of carbonyl (C=O) groups is 2. The lowest BCUT2D eigenvalue weighted by Gasteiger charge is -2.30. The number of esters is 1. The third kappa shape index (κ3) is 5.26. The highest BCUT2D eigenvalue weighted by molar-refractivity contribution is 6.04. The van der Waals surface area contributed by atoms with Crippen LogP contribution in [0.2, 0.25) is 0 Å². The molecule has 0 fully saturated rings. The van der Waals surface area contributed by atoms with E-state index in [-0.39, 0.29) is 18.5 Å². The van der Waals surface area contributed by atoms with Crippen molar-refractivity contribution in [3.8, 4) is 5.75 Å². The van der Waals surface area contributed by atoms with Gasteiger partial charge in [-0.3, -0.25) is 0 Å². The first-order valence-electron chi connectivity index (χ1n) is 11.0. The van der Waals surface area contributed by atoms with Crippen molar-refractivity contribution >= 4 is 17.7 Å². The molecule has 174 valence electrons. The zero-order valence-corrected chi connectivity index (χ0v) is 18.9. The van der Waals surface area contributed by atoms with E-state index in [1.165, 1.54) is 6.07 Å². The molecule has 1 aliphatic heterocycles. The number of nitrogens with one attached hydrogen (secondary N) is 2. The molecule has 0 radical (unpaired) electrons. The number of urea groups is 1. The Labute approximate surface area is 197 Å². The van der Waals surface area contributed by atoms with Gasteiger partial charge in [0.05, 0.1) is 23.4 Å². The van der Waals surface area contributed by atoms with Crippen LogP contribution in [0.15, 0.2) is 84.4 Å². The van der Waals surface area contributed by atoms with Gasteiger partial charge in [0.1, 0.15) is 18.2 Å². The van der Waals surface area contributed by atoms with Gasteiger partial charge in [0.25, 0.3) is 0 Å². The molecule has 1 unspecified atom stereocenters. The molecule has 3 aromatic carbocycles. The van der Waals surface area contributed by atoms with Crippen molar-refractivity contribution in [1.29, 1.82) is 0 Å².